The lowest BCUT2D eigenvalue weighted by molar-refractivity contribution is 0.100. The first-order chi connectivity index (χ1) is 7.16. The third kappa shape index (κ3) is 3.46. The van der Waals surface area contributed by atoms with Crippen LogP contribution in [0.2, 0.25) is 0 Å². The van der Waals surface area contributed by atoms with E-state index in [1.165, 1.54) is 38.5 Å². The van der Waals surface area contributed by atoms with Gasteiger partial charge in [-0.25, -0.2) is 0 Å². The summed E-state index contributed by atoms with van der Waals surface area (Å²) in [6.45, 7) is 6.84. The summed E-state index contributed by atoms with van der Waals surface area (Å²) in [5.41, 5.74) is 0.548. The van der Waals surface area contributed by atoms with Gasteiger partial charge in [0.25, 0.3) is 0 Å². The molecule has 1 aliphatic heterocycles. The van der Waals surface area contributed by atoms with Gasteiger partial charge < -0.3 is 10.1 Å². The smallest absolute Gasteiger partial charge is 0.0700 e. The van der Waals surface area contributed by atoms with E-state index in [9.17, 15) is 0 Å². The molecule has 1 saturated heterocycles. The van der Waals surface area contributed by atoms with Crippen LogP contribution in [0, 0.1) is 5.41 Å². The highest BCUT2D eigenvalue weighted by molar-refractivity contribution is 4.84. The monoisotopic (exact) mass is 211 g/mol. The van der Waals surface area contributed by atoms with Crippen molar-refractivity contribution in [3.63, 3.8) is 0 Å². The molecule has 2 aliphatic rings. The zero-order valence-electron chi connectivity index (χ0n) is 10.2. The molecule has 0 radical (unpaired) electrons. The number of rotatable bonds is 3. The van der Waals surface area contributed by atoms with Crippen LogP contribution in [-0.4, -0.2) is 25.3 Å². The maximum absolute atomic E-state index is 5.63. The molecular formula is C13H25NO. The van der Waals surface area contributed by atoms with Gasteiger partial charge in [0, 0.05) is 19.2 Å². The van der Waals surface area contributed by atoms with E-state index in [0.717, 1.165) is 19.2 Å². The Hall–Kier alpha value is -0.0800. The van der Waals surface area contributed by atoms with Crippen molar-refractivity contribution >= 4 is 0 Å². The molecule has 2 fully saturated rings. The molecule has 1 saturated carbocycles. The standard InChI is InChI=1S/C13H25NO/c1-13(2)7-3-5-11(9-13)14-10-12-6-4-8-15-12/h11-12,14H,3-10H2,1-2H3/t11-,12-/m1/s1. The minimum Gasteiger partial charge on any atom is -0.377 e. The molecule has 0 bridgehead atoms. The molecule has 2 nitrogen and oxygen atoms in total. The van der Waals surface area contributed by atoms with Crippen molar-refractivity contribution in [1.29, 1.82) is 0 Å². The predicted molar refractivity (Wildman–Crippen MR) is 63.0 cm³/mol. The lowest BCUT2D eigenvalue weighted by Crippen LogP contribution is -2.40. The van der Waals surface area contributed by atoms with Crippen LogP contribution in [0.4, 0.5) is 0 Å². The molecule has 15 heavy (non-hydrogen) atoms. The van der Waals surface area contributed by atoms with Gasteiger partial charge in [0.1, 0.15) is 0 Å². The van der Waals surface area contributed by atoms with E-state index in [1.807, 2.05) is 0 Å². The van der Waals surface area contributed by atoms with Crippen LogP contribution < -0.4 is 5.32 Å². The summed E-state index contributed by atoms with van der Waals surface area (Å²) >= 11 is 0. The van der Waals surface area contributed by atoms with Crippen molar-refractivity contribution in [3.8, 4) is 0 Å². The molecule has 0 aromatic rings. The second kappa shape index (κ2) is 4.84. The van der Waals surface area contributed by atoms with E-state index in [2.05, 4.69) is 19.2 Å². The van der Waals surface area contributed by atoms with E-state index in [1.54, 1.807) is 0 Å². The number of hydrogen-bond acceptors (Lipinski definition) is 2. The highest BCUT2D eigenvalue weighted by Gasteiger charge is 2.28. The Morgan fingerprint density at radius 1 is 1.27 bits per heavy atom. The maximum atomic E-state index is 5.63. The molecule has 1 heterocycles. The normalized spacial score (nSPS) is 35.6. The van der Waals surface area contributed by atoms with Crippen molar-refractivity contribution in [2.24, 2.45) is 5.41 Å². The lowest BCUT2D eigenvalue weighted by Gasteiger charge is -2.36. The Morgan fingerprint density at radius 3 is 2.80 bits per heavy atom. The van der Waals surface area contributed by atoms with Crippen LogP contribution in [0.5, 0.6) is 0 Å². The number of ether oxygens (including phenoxy) is 1. The van der Waals surface area contributed by atoms with Gasteiger partial charge in [-0.2, -0.15) is 0 Å². The van der Waals surface area contributed by atoms with Crippen LogP contribution in [0.3, 0.4) is 0 Å². The first kappa shape index (κ1) is 11.4. The average molecular weight is 211 g/mol. The fraction of sp³-hybridized carbons (Fsp3) is 1.00. The minimum atomic E-state index is 0.495. The van der Waals surface area contributed by atoms with Crippen molar-refractivity contribution < 1.29 is 4.74 Å². The summed E-state index contributed by atoms with van der Waals surface area (Å²) in [5.74, 6) is 0. The predicted octanol–water partition coefficient (Wildman–Crippen LogP) is 2.72. The molecule has 2 heteroatoms. The average Bonchev–Trinajstić information content (AvgIpc) is 2.65. The van der Waals surface area contributed by atoms with Gasteiger partial charge in [-0.15, -0.1) is 0 Å². The zero-order valence-corrected chi connectivity index (χ0v) is 10.2. The topological polar surface area (TPSA) is 21.3 Å². The van der Waals surface area contributed by atoms with E-state index >= 15 is 0 Å². The van der Waals surface area contributed by atoms with Crippen LogP contribution >= 0.6 is 0 Å². The SMILES string of the molecule is CC1(C)CCC[C@@H](NC[C@H]2CCCO2)C1. The highest BCUT2D eigenvalue weighted by atomic mass is 16.5. The summed E-state index contributed by atoms with van der Waals surface area (Å²) < 4.78 is 5.63. The first-order valence-electron chi connectivity index (χ1n) is 6.51. The Bertz CT molecular complexity index is 197. The van der Waals surface area contributed by atoms with Gasteiger partial charge >= 0.3 is 0 Å². The van der Waals surface area contributed by atoms with Crippen molar-refractivity contribution in [2.75, 3.05) is 13.2 Å². The number of nitrogens with one attached hydrogen (secondary N) is 1. The fourth-order valence-electron chi connectivity index (χ4n) is 2.98. The molecule has 0 aromatic heterocycles. The molecule has 2 atom stereocenters. The van der Waals surface area contributed by atoms with E-state index in [0.29, 0.717) is 11.5 Å². The van der Waals surface area contributed by atoms with Crippen LogP contribution in [0.15, 0.2) is 0 Å². The molecule has 0 unspecified atom stereocenters. The van der Waals surface area contributed by atoms with Crippen LogP contribution in [0.25, 0.3) is 0 Å². The van der Waals surface area contributed by atoms with E-state index < -0.39 is 0 Å². The molecule has 0 amide bonds. The summed E-state index contributed by atoms with van der Waals surface area (Å²) in [7, 11) is 0. The number of hydrogen-bond donors (Lipinski definition) is 1. The van der Waals surface area contributed by atoms with Gasteiger partial charge in [-0.05, 0) is 37.5 Å². The van der Waals surface area contributed by atoms with Gasteiger partial charge in [0.05, 0.1) is 6.10 Å². The molecule has 1 N–H and O–H groups in total. The molecule has 88 valence electrons. The highest BCUT2D eigenvalue weighted by Crippen LogP contribution is 2.35. The third-order valence-electron chi connectivity index (χ3n) is 3.86. The molecule has 2 rings (SSSR count). The molecule has 0 spiro atoms. The lowest BCUT2D eigenvalue weighted by atomic mass is 9.75. The molecule has 0 aromatic carbocycles. The second-order valence-corrected chi connectivity index (χ2v) is 6.00. The fourth-order valence-corrected chi connectivity index (χ4v) is 2.98. The van der Waals surface area contributed by atoms with Gasteiger partial charge in [-0.3, -0.25) is 0 Å². The van der Waals surface area contributed by atoms with Crippen molar-refractivity contribution in [3.05, 3.63) is 0 Å². The summed E-state index contributed by atoms with van der Waals surface area (Å²) in [5, 5.41) is 3.69. The Kier molecular flexibility index (Phi) is 3.68. The second-order valence-electron chi connectivity index (χ2n) is 6.00. The van der Waals surface area contributed by atoms with E-state index in [4.69, 9.17) is 4.74 Å². The summed E-state index contributed by atoms with van der Waals surface area (Å²) in [4.78, 5) is 0. The van der Waals surface area contributed by atoms with Gasteiger partial charge in [0.2, 0.25) is 0 Å². The van der Waals surface area contributed by atoms with Crippen molar-refractivity contribution in [2.45, 2.75) is 64.5 Å². The summed E-state index contributed by atoms with van der Waals surface area (Å²) in [6, 6.07) is 0.734. The Balaban J connectivity index is 1.69. The van der Waals surface area contributed by atoms with E-state index in [-0.39, 0.29) is 0 Å². The van der Waals surface area contributed by atoms with Crippen molar-refractivity contribution in [1.82, 2.24) is 5.32 Å². The van der Waals surface area contributed by atoms with Crippen LogP contribution in [-0.2, 0) is 4.74 Å². The third-order valence-corrected chi connectivity index (χ3v) is 3.86. The largest absolute Gasteiger partial charge is 0.377 e. The Morgan fingerprint density at radius 2 is 2.13 bits per heavy atom. The minimum absolute atomic E-state index is 0.495. The van der Waals surface area contributed by atoms with Crippen LogP contribution in [0.1, 0.15) is 52.4 Å². The zero-order chi connectivity index (χ0) is 10.7. The maximum Gasteiger partial charge on any atom is 0.0700 e. The quantitative estimate of drug-likeness (QED) is 0.775. The summed E-state index contributed by atoms with van der Waals surface area (Å²) in [6.07, 6.45) is 8.47. The molecular weight excluding hydrogens is 186 g/mol. The Labute approximate surface area is 93.8 Å². The van der Waals surface area contributed by atoms with Gasteiger partial charge in [-0.1, -0.05) is 20.3 Å². The first-order valence-corrected chi connectivity index (χ1v) is 6.51. The molecule has 1 aliphatic carbocycles. The van der Waals surface area contributed by atoms with Gasteiger partial charge in [0.15, 0.2) is 0 Å².